The number of carbonyl (C=O) groups excluding carboxylic acids is 2. The first-order chi connectivity index (χ1) is 13.5. The van der Waals surface area contributed by atoms with Crippen molar-refractivity contribution >= 4 is 29.4 Å². The van der Waals surface area contributed by atoms with Gasteiger partial charge in [0.2, 0.25) is 17.8 Å². The second-order valence-electron chi connectivity index (χ2n) is 5.94. The van der Waals surface area contributed by atoms with Gasteiger partial charge in [-0.1, -0.05) is 6.07 Å². The molecule has 0 fully saturated rings. The van der Waals surface area contributed by atoms with Gasteiger partial charge in [0.25, 0.3) is 5.91 Å². The largest absolute Gasteiger partial charge is 0.357 e. The number of aryl methyl sites for hydroxylation is 1. The number of rotatable bonds is 5. The minimum Gasteiger partial charge on any atom is -0.357 e. The summed E-state index contributed by atoms with van der Waals surface area (Å²) in [6, 6.07) is 10.4. The van der Waals surface area contributed by atoms with Crippen LogP contribution in [0, 0.1) is 6.92 Å². The summed E-state index contributed by atoms with van der Waals surface area (Å²) in [5.41, 5.74) is 2.33. The zero-order chi connectivity index (χ0) is 20.1. The topological polar surface area (TPSA) is 122 Å². The van der Waals surface area contributed by atoms with Gasteiger partial charge < -0.3 is 10.6 Å². The number of amides is 2. The molecule has 0 saturated heterocycles. The Bertz CT molecular complexity index is 1020. The van der Waals surface area contributed by atoms with Crippen molar-refractivity contribution in [3.05, 3.63) is 53.7 Å². The van der Waals surface area contributed by atoms with Crippen LogP contribution in [0.2, 0.25) is 0 Å². The molecule has 1 aromatic carbocycles. The average molecular weight is 377 g/mol. The van der Waals surface area contributed by atoms with E-state index in [9.17, 15) is 9.59 Å². The number of nitrogens with one attached hydrogen (secondary N) is 3. The molecular weight excluding hydrogens is 358 g/mol. The Hall–Kier alpha value is -3.88. The number of hydrogen-bond donors (Lipinski definition) is 3. The van der Waals surface area contributed by atoms with Gasteiger partial charge in [-0.15, -0.1) is 0 Å². The molecule has 0 aliphatic rings. The van der Waals surface area contributed by atoms with Crippen LogP contribution in [-0.2, 0) is 4.79 Å². The van der Waals surface area contributed by atoms with Gasteiger partial charge in [0.15, 0.2) is 5.82 Å². The maximum atomic E-state index is 12.7. The SMILES string of the molecule is CNc1nc(NC(=O)c2ccc(NC(C)=O)cc2C)nc(-c2ccccn2)n1. The molecular formula is C19H19N7O2. The monoisotopic (exact) mass is 377 g/mol. The number of carbonyl (C=O) groups is 2. The molecule has 0 unspecified atom stereocenters. The van der Waals surface area contributed by atoms with E-state index in [1.165, 1.54) is 6.92 Å². The summed E-state index contributed by atoms with van der Waals surface area (Å²) >= 11 is 0. The Labute approximate surface area is 161 Å². The maximum absolute atomic E-state index is 12.7. The van der Waals surface area contributed by atoms with Crippen molar-refractivity contribution in [2.75, 3.05) is 23.0 Å². The second-order valence-corrected chi connectivity index (χ2v) is 5.94. The summed E-state index contributed by atoms with van der Waals surface area (Å²) in [6.45, 7) is 3.21. The van der Waals surface area contributed by atoms with Gasteiger partial charge in [-0.25, -0.2) is 0 Å². The molecule has 0 spiro atoms. The summed E-state index contributed by atoms with van der Waals surface area (Å²) in [4.78, 5) is 40.8. The predicted octanol–water partition coefficient (Wildman–Crippen LogP) is 2.49. The molecule has 0 saturated carbocycles. The van der Waals surface area contributed by atoms with E-state index < -0.39 is 0 Å². The maximum Gasteiger partial charge on any atom is 0.258 e. The number of pyridine rings is 1. The van der Waals surface area contributed by atoms with Crippen molar-refractivity contribution in [1.82, 2.24) is 19.9 Å². The quantitative estimate of drug-likeness (QED) is 0.624. The van der Waals surface area contributed by atoms with E-state index in [2.05, 4.69) is 35.9 Å². The number of anilines is 3. The van der Waals surface area contributed by atoms with Crippen LogP contribution in [-0.4, -0.2) is 38.8 Å². The predicted molar refractivity (Wildman–Crippen MR) is 106 cm³/mol. The third-order valence-electron chi connectivity index (χ3n) is 3.77. The first-order valence-electron chi connectivity index (χ1n) is 8.51. The molecule has 3 N–H and O–H groups in total. The highest BCUT2D eigenvalue weighted by Gasteiger charge is 2.14. The van der Waals surface area contributed by atoms with Gasteiger partial charge in [0.1, 0.15) is 5.69 Å². The van der Waals surface area contributed by atoms with Gasteiger partial charge in [-0.3, -0.25) is 19.9 Å². The lowest BCUT2D eigenvalue weighted by Crippen LogP contribution is -2.17. The van der Waals surface area contributed by atoms with Crippen LogP contribution in [0.3, 0.4) is 0 Å². The van der Waals surface area contributed by atoms with E-state index in [0.717, 1.165) is 0 Å². The smallest absolute Gasteiger partial charge is 0.258 e. The minimum atomic E-state index is -0.368. The van der Waals surface area contributed by atoms with Crippen molar-refractivity contribution in [3.8, 4) is 11.5 Å². The van der Waals surface area contributed by atoms with Gasteiger partial charge in [-0.2, -0.15) is 15.0 Å². The van der Waals surface area contributed by atoms with Crippen molar-refractivity contribution in [3.63, 3.8) is 0 Å². The van der Waals surface area contributed by atoms with Crippen molar-refractivity contribution in [2.45, 2.75) is 13.8 Å². The molecule has 28 heavy (non-hydrogen) atoms. The summed E-state index contributed by atoms with van der Waals surface area (Å²) in [5.74, 6) is 0.211. The lowest BCUT2D eigenvalue weighted by atomic mass is 10.1. The van der Waals surface area contributed by atoms with E-state index in [4.69, 9.17) is 0 Å². The molecule has 0 bridgehead atoms. The third-order valence-corrected chi connectivity index (χ3v) is 3.77. The zero-order valence-electron chi connectivity index (χ0n) is 15.6. The summed E-state index contributed by atoms with van der Waals surface area (Å²) in [6.07, 6.45) is 1.64. The van der Waals surface area contributed by atoms with Gasteiger partial charge in [0, 0.05) is 31.4 Å². The third kappa shape index (κ3) is 4.44. The van der Waals surface area contributed by atoms with Crippen molar-refractivity contribution in [2.24, 2.45) is 0 Å². The summed E-state index contributed by atoms with van der Waals surface area (Å²) in [5, 5.41) is 8.22. The summed E-state index contributed by atoms with van der Waals surface area (Å²) in [7, 11) is 1.67. The Morgan fingerprint density at radius 1 is 0.964 bits per heavy atom. The lowest BCUT2D eigenvalue weighted by molar-refractivity contribution is -0.114. The van der Waals surface area contributed by atoms with E-state index in [0.29, 0.717) is 34.3 Å². The molecule has 0 atom stereocenters. The van der Waals surface area contributed by atoms with E-state index in [1.807, 2.05) is 6.07 Å². The van der Waals surface area contributed by atoms with Crippen LogP contribution in [0.5, 0.6) is 0 Å². The molecule has 2 heterocycles. The molecule has 9 heteroatoms. The first kappa shape index (κ1) is 18.9. The number of nitrogens with zero attached hydrogens (tertiary/aromatic N) is 4. The Kier molecular flexibility index (Phi) is 5.54. The van der Waals surface area contributed by atoms with Crippen LogP contribution in [0.1, 0.15) is 22.8 Å². The van der Waals surface area contributed by atoms with Gasteiger partial charge in [0.05, 0.1) is 0 Å². The lowest BCUT2D eigenvalue weighted by Gasteiger charge is -2.10. The van der Waals surface area contributed by atoms with E-state index in [1.54, 1.807) is 50.5 Å². The highest BCUT2D eigenvalue weighted by atomic mass is 16.2. The van der Waals surface area contributed by atoms with Gasteiger partial charge in [-0.05, 0) is 42.8 Å². The molecule has 142 valence electrons. The molecule has 3 rings (SSSR count). The molecule has 2 aromatic heterocycles. The first-order valence-corrected chi connectivity index (χ1v) is 8.51. The minimum absolute atomic E-state index is 0.107. The molecule has 3 aromatic rings. The van der Waals surface area contributed by atoms with Gasteiger partial charge >= 0.3 is 0 Å². The van der Waals surface area contributed by atoms with E-state index in [-0.39, 0.29) is 17.8 Å². The van der Waals surface area contributed by atoms with Crippen molar-refractivity contribution in [1.29, 1.82) is 0 Å². The van der Waals surface area contributed by atoms with Crippen LogP contribution >= 0.6 is 0 Å². The normalized spacial score (nSPS) is 10.2. The Morgan fingerprint density at radius 3 is 2.39 bits per heavy atom. The average Bonchev–Trinajstić information content (AvgIpc) is 2.68. The molecule has 0 aliphatic heterocycles. The Balaban J connectivity index is 1.87. The van der Waals surface area contributed by atoms with Crippen molar-refractivity contribution < 1.29 is 9.59 Å². The van der Waals surface area contributed by atoms with Crippen LogP contribution in [0.4, 0.5) is 17.6 Å². The molecule has 0 aliphatic carbocycles. The number of aromatic nitrogens is 4. The highest BCUT2D eigenvalue weighted by Crippen LogP contribution is 2.18. The van der Waals surface area contributed by atoms with Crippen LogP contribution < -0.4 is 16.0 Å². The fraction of sp³-hybridized carbons (Fsp3) is 0.158. The standard InChI is InChI=1S/C19H19N7O2/c1-11-10-13(22-12(2)27)7-8-14(11)17(28)25-19-24-16(23-18(20-3)26-19)15-6-4-5-9-21-15/h4-10H,1-3H3,(H,22,27)(H2,20,23,24,25,26,28). The van der Waals surface area contributed by atoms with E-state index >= 15 is 0 Å². The number of benzene rings is 1. The molecule has 0 radical (unpaired) electrons. The fourth-order valence-corrected chi connectivity index (χ4v) is 2.52. The Morgan fingerprint density at radius 2 is 1.75 bits per heavy atom. The molecule has 9 nitrogen and oxygen atoms in total. The zero-order valence-corrected chi connectivity index (χ0v) is 15.6. The second kappa shape index (κ2) is 8.21. The van der Waals surface area contributed by atoms with Crippen LogP contribution in [0.15, 0.2) is 42.6 Å². The fourth-order valence-electron chi connectivity index (χ4n) is 2.52. The number of hydrogen-bond acceptors (Lipinski definition) is 7. The molecule has 2 amide bonds. The van der Waals surface area contributed by atoms with Crippen LogP contribution in [0.25, 0.3) is 11.5 Å². The summed E-state index contributed by atoms with van der Waals surface area (Å²) < 4.78 is 0. The highest BCUT2D eigenvalue weighted by molar-refractivity contribution is 6.05.